The first-order valence-corrected chi connectivity index (χ1v) is 7.65. The molecule has 2 rings (SSSR count). The lowest BCUT2D eigenvalue weighted by atomic mass is 10.0. The molecule has 0 saturated carbocycles. The molecule has 0 bridgehead atoms. The van der Waals surface area contributed by atoms with E-state index in [4.69, 9.17) is 16.3 Å². The SMILES string of the molecule is COc1ccc(C(Cl)c2cccc(I)c2)cc1Br. The van der Waals surface area contributed by atoms with E-state index < -0.39 is 0 Å². The highest BCUT2D eigenvalue weighted by Crippen LogP contribution is 2.34. The van der Waals surface area contributed by atoms with Gasteiger partial charge in [-0.05, 0) is 73.9 Å². The molecule has 18 heavy (non-hydrogen) atoms. The minimum absolute atomic E-state index is 0.151. The molecule has 4 heteroatoms. The Balaban J connectivity index is 2.34. The van der Waals surface area contributed by atoms with Gasteiger partial charge in [-0.3, -0.25) is 0 Å². The summed E-state index contributed by atoms with van der Waals surface area (Å²) in [5.74, 6) is 0.810. The van der Waals surface area contributed by atoms with Crippen LogP contribution in [0.1, 0.15) is 16.5 Å². The van der Waals surface area contributed by atoms with Crippen LogP contribution in [0.4, 0.5) is 0 Å². The van der Waals surface area contributed by atoms with Gasteiger partial charge in [0.15, 0.2) is 0 Å². The number of halogens is 3. The molecule has 0 spiro atoms. The third-order valence-corrected chi connectivity index (χ3v) is 4.40. The van der Waals surface area contributed by atoms with Gasteiger partial charge in [0.1, 0.15) is 5.75 Å². The first-order chi connectivity index (χ1) is 8.61. The van der Waals surface area contributed by atoms with E-state index >= 15 is 0 Å². The second-order valence-electron chi connectivity index (χ2n) is 3.81. The van der Waals surface area contributed by atoms with E-state index in [2.05, 4.69) is 50.7 Å². The quantitative estimate of drug-likeness (QED) is 0.462. The Morgan fingerprint density at radius 3 is 2.50 bits per heavy atom. The number of alkyl halides is 1. The minimum Gasteiger partial charge on any atom is -0.496 e. The summed E-state index contributed by atoms with van der Waals surface area (Å²) in [6, 6.07) is 14.1. The average molecular weight is 438 g/mol. The van der Waals surface area contributed by atoms with Crippen LogP contribution in [0.2, 0.25) is 0 Å². The maximum Gasteiger partial charge on any atom is 0.133 e. The van der Waals surface area contributed by atoms with Gasteiger partial charge in [0.05, 0.1) is 17.0 Å². The van der Waals surface area contributed by atoms with Crippen molar-refractivity contribution in [1.82, 2.24) is 0 Å². The number of methoxy groups -OCH3 is 1. The standard InChI is InChI=1S/C14H11BrClIO/c1-18-13-6-5-10(8-12(13)15)14(16)9-3-2-4-11(17)7-9/h2-8,14H,1H3. The van der Waals surface area contributed by atoms with Crippen LogP contribution < -0.4 is 4.74 Å². The molecule has 1 nitrogen and oxygen atoms in total. The Kier molecular flexibility index (Phi) is 4.92. The number of ether oxygens (including phenoxy) is 1. The lowest BCUT2D eigenvalue weighted by Crippen LogP contribution is -1.95. The Labute approximate surface area is 134 Å². The maximum absolute atomic E-state index is 6.51. The van der Waals surface area contributed by atoms with Gasteiger partial charge in [-0.2, -0.15) is 0 Å². The molecular formula is C14H11BrClIO. The molecule has 0 aliphatic rings. The Hall–Kier alpha value is -0.260. The molecule has 1 unspecified atom stereocenters. The van der Waals surface area contributed by atoms with Crippen molar-refractivity contribution >= 4 is 50.1 Å². The molecule has 0 heterocycles. The van der Waals surface area contributed by atoms with Crippen LogP contribution in [0.15, 0.2) is 46.9 Å². The lowest BCUT2D eigenvalue weighted by Gasteiger charge is -2.12. The summed E-state index contributed by atoms with van der Waals surface area (Å²) >= 11 is 12.3. The minimum atomic E-state index is -0.151. The van der Waals surface area contributed by atoms with Crippen LogP contribution in [0.25, 0.3) is 0 Å². The molecule has 0 saturated heterocycles. The molecule has 0 fully saturated rings. The third kappa shape index (κ3) is 3.19. The molecule has 2 aromatic carbocycles. The van der Waals surface area contributed by atoms with Gasteiger partial charge in [-0.1, -0.05) is 18.2 Å². The summed E-state index contributed by atoms with van der Waals surface area (Å²) in [5.41, 5.74) is 2.15. The summed E-state index contributed by atoms with van der Waals surface area (Å²) in [4.78, 5) is 0. The van der Waals surface area contributed by atoms with Crippen molar-refractivity contribution in [2.75, 3.05) is 7.11 Å². The molecule has 0 amide bonds. The van der Waals surface area contributed by atoms with E-state index in [9.17, 15) is 0 Å². The molecular weight excluding hydrogens is 426 g/mol. The van der Waals surface area contributed by atoms with Crippen molar-refractivity contribution in [3.63, 3.8) is 0 Å². The summed E-state index contributed by atoms with van der Waals surface area (Å²) in [6.45, 7) is 0. The van der Waals surface area contributed by atoms with E-state index in [1.165, 1.54) is 3.57 Å². The fourth-order valence-corrected chi connectivity index (χ4v) is 3.09. The van der Waals surface area contributed by atoms with Crippen molar-refractivity contribution in [2.45, 2.75) is 5.38 Å². The lowest BCUT2D eigenvalue weighted by molar-refractivity contribution is 0.412. The zero-order valence-electron chi connectivity index (χ0n) is 9.66. The summed E-state index contributed by atoms with van der Waals surface area (Å²) in [5, 5.41) is -0.151. The highest BCUT2D eigenvalue weighted by Gasteiger charge is 2.12. The van der Waals surface area contributed by atoms with Crippen LogP contribution in [-0.4, -0.2) is 7.11 Å². The van der Waals surface area contributed by atoms with E-state index in [-0.39, 0.29) is 5.38 Å². The molecule has 94 valence electrons. The average Bonchev–Trinajstić information content (AvgIpc) is 2.37. The van der Waals surface area contributed by atoms with Crippen molar-refractivity contribution in [1.29, 1.82) is 0 Å². The van der Waals surface area contributed by atoms with Crippen LogP contribution in [0.5, 0.6) is 5.75 Å². The first kappa shape index (κ1) is 14.2. The molecule has 0 aliphatic carbocycles. The van der Waals surface area contributed by atoms with E-state index in [1.54, 1.807) is 7.11 Å². The van der Waals surface area contributed by atoms with Gasteiger partial charge >= 0.3 is 0 Å². The number of hydrogen-bond donors (Lipinski definition) is 0. The van der Waals surface area contributed by atoms with E-state index in [1.807, 2.05) is 30.3 Å². The Morgan fingerprint density at radius 1 is 1.17 bits per heavy atom. The normalized spacial score (nSPS) is 12.2. The van der Waals surface area contributed by atoms with E-state index in [0.717, 1.165) is 21.3 Å². The number of benzene rings is 2. The molecule has 0 N–H and O–H groups in total. The monoisotopic (exact) mass is 436 g/mol. The predicted molar refractivity (Wildman–Crippen MR) is 87.5 cm³/mol. The smallest absolute Gasteiger partial charge is 0.133 e. The Morgan fingerprint density at radius 2 is 1.89 bits per heavy atom. The van der Waals surface area contributed by atoms with Gasteiger partial charge in [-0.25, -0.2) is 0 Å². The molecule has 0 aliphatic heterocycles. The predicted octanol–water partition coefficient (Wildman–Crippen LogP) is 5.39. The molecule has 0 radical (unpaired) electrons. The van der Waals surface area contributed by atoms with Crippen LogP contribution in [-0.2, 0) is 0 Å². The highest BCUT2D eigenvalue weighted by atomic mass is 127. The second-order valence-corrected chi connectivity index (χ2v) is 6.35. The van der Waals surface area contributed by atoms with Crippen LogP contribution in [0.3, 0.4) is 0 Å². The van der Waals surface area contributed by atoms with E-state index in [0.29, 0.717) is 0 Å². The molecule has 0 aromatic heterocycles. The summed E-state index contributed by atoms with van der Waals surface area (Å²) < 4.78 is 7.31. The fourth-order valence-electron chi connectivity index (χ4n) is 1.70. The zero-order valence-corrected chi connectivity index (χ0v) is 14.2. The number of hydrogen-bond acceptors (Lipinski definition) is 1. The van der Waals surface area contributed by atoms with Crippen LogP contribution in [0, 0.1) is 3.57 Å². The van der Waals surface area contributed by atoms with Gasteiger partial charge in [0.2, 0.25) is 0 Å². The summed E-state index contributed by atoms with van der Waals surface area (Å²) in [7, 11) is 1.65. The molecule has 2 aromatic rings. The largest absolute Gasteiger partial charge is 0.496 e. The number of rotatable bonds is 3. The highest BCUT2D eigenvalue weighted by molar-refractivity contribution is 14.1. The third-order valence-electron chi connectivity index (χ3n) is 2.61. The maximum atomic E-state index is 6.51. The van der Waals surface area contributed by atoms with Crippen LogP contribution >= 0.6 is 50.1 Å². The summed E-state index contributed by atoms with van der Waals surface area (Å²) in [6.07, 6.45) is 0. The van der Waals surface area contributed by atoms with Gasteiger partial charge < -0.3 is 4.74 Å². The van der Waals surface area contributed by atoms with Gasteiger partial charge in [0.25, 0.3) is 0 Å². The second kappa shape index (κ2) is 6.26. The zero-order chi connectivity index (χ0) is 13.1. The van der Waals surface area contributed by atoms with Gasteiger partial charge in [0, 0.05) is 3.57 Å². The van der Waals surface area contributed by atoms with Crippen molar-refractivity contribution in [3.05, 3.63) is 61.6 Å². The van der Waals surface area contributed by atoms with Crippen molar-refractivity contribution in [3.8, 4) is 5.75 Å². The topological polar surface area (TPSA) is 9.23 Å². The van der Waals surface area contributed by atoms with Crippen molar-refractivity contribution < 1.29 is 4.74 Å². The molecule has 1 atom stereocenters. The van der Waals surface area contributed by atoms with Crippen molar-refractivity contribution in [2.24, 2.45) is 0 Å². The first-order valence-electron chi connectivity index (χ1n) is 5.35. The fraction of sp³-hybridized carbons (Fsp3) is 0.143. The Bertz CT molecular complexity index is 559. The van der Waals surface area contributed by atoms with Gasteiger partial charge in [-0.15, -0.1) is 11.6 Å².